The van der Waals surface area contributed by atoms with Crippen molar-refractivity contribution in [3.05, 3.63) is 0 Å². The van der Waals surface area contributed by atoms with Crippen molar-refractivity contribution in [2.24, 2.45) is 0 Å². The highest BCUT2D eigenvalue weighted by Crippen LogP contribution is 2.17. The van der Waals surface area contributed by atoms with Crippen LogP contribution in [0.15, 0.2) is 0 Å². The summed E-state index contributed by atoms with van der Waals surface area (Å²) in [6.07, 6.45) is 6.26. The standard InChI is InChI=1S/C8H18O2S/c1-3-4-5-6-7-8(2)11-10-9/h8-9H,3-7H2,1-2H3. The molecule has 1 unspecified atom stereocenters. The fourth-order valence-electron chi connectivity index (χ4n) is 0.980. The maximum atomic E-state index is 8.10. The van der Waals surface area contributed by atoms with Crippen LogP contribution in [0.25, 0.3) is 0 Å². The van der Waals surface area contributed by atoms with Gasteiger partial charge in [-0.05, 0) is 6.42 Å². The second-order valence-electron chi connectivity index (χ2n) is 2.83. The Morgan fingerprint density at radius 2 is 2.09 bits per heavy atom. The molecule has 0 bridgehead atoms. The van der Waals surface area contributed by atoms with Crippen molar-refractivity contribution in [3.63, 3.8) is 0 Å². The molecule has 0 aromatic carbocycles. The van der Waals surface area contributed by atoms with Gasteiger partial charge in [-0.25, -0.2) is 5.26 Å². The Kier molecular flexibility index (Phi) is 8.57. The Labute approximate surface area is 73.5 Å². The highest BCUT2D eigenvalue weighted by molar-refractivity contribution is 7.95. The van der Waals surface area contributed by atoms with Crippen molar-refractivity contribution in [1.82, 2.24) is 0 Å². The fraction of sp³-hybridized carbons (Fsp3) is 1.00. The van der Waals surface area contributed by atoms with Crippen LogP contribution in [0.2, 0.25) is 0 Å². The van der Waals surface area contributed by atoms with Crippen molar-refractivity contribution in [3.8, 4) is 0 Å². The lowest BCUT2D eigenvalue weighted by molar-refractivity contribution is -0.117. The van der Waals surface area contributed by atoms with E-state index in [9.17, 15) is 0 Å². The van der Waals surface area contributed by atoms with Crippen LogP contribution in [-0.2, 0) is 4.33 Å². The van der Waals surface area contributed by atoms with Gasteiger partial charge in [0, 0.05) is 17.3 Å². The Balaban J connectivity index is 2.97. The molecule has 0 amide bonds. The summed E-state index contributed by atoms with van der Waals surface area (Å²) >= 11 is 1.14. The number of rotatable bonds is 7. The second-order valence-corrected chi connectivity index (χ2v) is 3.98. The maximum absolute atomic E-state index is 8.10. The van der Waals surface area contributed by atoms with Gasteiger partial charge in [0.2, 0.25) is 0 Å². The zero-order valence-electron chi connectivity index (χ0n) is 7.38. The Morgan fingerprint density at radius 1 is 1.36 bits per heavy atom. The van der Waals surface area contributed by atoms with Crippen LogP contribution >= 0.6 is 12.0 Å². The van der Waals surface area contributed by atoms with Gasteiger partial charge in [0.15, 0.2) is 0 Å². The first-order valence-electron chi connectivity index (χ1n) is 4.28. The molecule has 0 aromatic rings. The molecule has 0 aliphatic carbocycles. The summed E-state index contributed by atoms with van der Waals surface area (Å²) in [6.45, 7) is 4.27. The molecule has 0 spiro atoms. The number of unbranched alkanes of at least 4 members (excludes halogenated alkanes) is 3. The van der Waals surface area contributed by atoms with E-state index in [1.165, 1.54) is 25.7 Å². The van der Waals surface area contributed by atoms with Crippen molar-refractivity contribution in [2.45, 2.75) is 51.2 Å². The van der Waals surface area contributed by atoms with E-state index in [2.05, 4.69) is 18.2 Å². The summed E-state index contributed by atoms with van der Waals surface area (Å²) in [5.74, 6) is 0. The number of hydrogen-bond donors (Lipinski definition) is 1. The van der Waals surface area contributed by atoms with Crippen LogP contribution < -0.4 is 0 Å². The lowest BCUT2D eigenvalue weighted by Gasteiger charge is -2.05. The SMILES string of the molecule is CCCCCCC(C)SOO. The van der Waals surface area contributed by atoms with E-state index in [-0.39, 0.29) is 0 Å². The van der Waals surface area contributed by atoms with Crippen LogP contribution in [0.4, 0.5) is 0 Å². The van der Waals surface area contributed by atoms with Gasteiger partial charge < -0.3 is 0 Å². The molecule has 0 aliphatic rings. The van der Waals surface area contributed by atoms with E-state index >= 15 is 0 Å². The highest BCUT2D eigenvalue weighted by Gasteiger charge is 2.01. The van der Waals surface area contributed by atoms with Crippen LogP contribution in [0.5, 0.6) is 0 Å². The largest absolute Gasteiger partial charge is 0.239 e. The third kappa shape index (κ3) is 8.17. The minimum Gasteiger partial charge on any atom is -0.239 e. The average Bonchev–Trinajstić information content (AvgIpc) is 1.99. The van der Waals surface area contributed by atoms with Gasteiger partial charge >= 0.3 is 0 Å². The van der Waals surface area contributed by atoms with Gasteiger partial charge in [-0.1, -0.05) is 39.5 Å². The molecule has 68 valence electrons. The van der Waals surface area contributed by atoms with Crippen molar-refractivity contribution >= 4 is 12.0 Å². The van der Waals surface area contributed by atoms with Gasteiger partial charge in [-0.15, -0.1) is 0 Å². The van der Waals surface area contributed by atoms with E-state index in [1.807, 2.05) is 0 Å². The topological polar surface area (TPSA) is 29.5 Å². The smallest absolute Gasteiger partial charge is 0.0342 e. The zero-order valence-corrected chi connectivity index (χ0v) is 8.19. The fourth-order valence-corrected chi connectivity index (χ4v) is 1.39. The van der Waals surface area contributed by atoms with E-state index in [0.717, 1.165) is 18.5 Å². The maximum Gasteiger partial charge on any atom is 0.0342 e. The second kappa shape index (κ2) is 8.37. The van der Waals surface area contributed by atoms with Gasteiger partial charge in [0.1, 0.15) is 0 Å². The minimum atomic E-state index is 0.414. The lowest BCUT2D eigenvalue weighted by Crippen LogP contribution is -1.95. The van der Waals surface area contributed by atoms with E-state index in [4.69, 9.17) is 5.26 Å². The summed E-state index contributed by atoms with van der Waals surface area (Å²) in [5, 5.41) is 8.52. The molecule has 3 heteroatoms. The molecule has 0 rings (SSSR count). The molecule has 0 fully saturated rings. The van der Waals surface area contributed by atoms with Crippen molar-refractivity contribution in [1.29, 1.82) is 0 Å². The Morgan fingerprint density at radius 3 is 2.64 bits per heavy atom. The molecule has 0 saturated carbocycles. The predicted octanol–water partition coefficient (Wildman–Crippen LogP) is 3.48. The minimum absolute atomic E-state index is 0.414. The summed E-state index contributed by atoms with van der Waals surface area (Å²) in [6, 6.07) is 0. The molecule has 0 aromatic heterocycles. The molecule has 2 nitrogen and oxygen atoms in total. The molecule has 11 heavy (non-hydrogen) atoms. The molecule has 0 heterocycles. The predicted molar refractivity (Wildman–Crippen MR) is 49.5 cm³/mol. The Hall–Kier alpha value is 0.270. The average molecular weight is 178 g/mol. The quantitative estimate of drug-likeness (QED) is 0.280. The summed E-state index contributed by atoms with van der Waals surface area (Å²) in [4.78, 5) is 0. The van der Waals surface area contributed by atoms with Gasteiger partial charge in [0.25, 0.3) is 0 Å². The molecule has 0 radical (unpaired) electrons. The summed E-state index contributed by atoms with van der Waals surface area (Å²) in [5.41, 5.74) is 0. The third-order valence-electron chi connectivity index (χ3n) is 1.67. The Bertz CT molecular complexity index is 78.5. The van der Waals surface area contributed by atoms with Crippen LogP contribution in [0.1, 0.15) is 46.0 Å². The van der Waals surface area contributed by atoms with Crippen LogP contribution in [0.3, 0.4) is 0 Å². The zero-order chi connectivity index (χ0) is 8.53. The molecule has 1 N–H and O–H groups in total. The van der Waals surface area contributed by atoms with E-state index in [1.54, 1.807) is 0 Å². The first-order chi connectivity index (χ1) is 5.31. The molecular weight excluding hydrogens is 160 g/mol. The van der Waals surface area contributed by atoms with Crippen molar-refractivity contribution in [2.75, 3.05) is 0 Å². The first-order valence-corrected chi connectivity index (χ1v) is 5.08. The van der Waals surface area contributed by atoms with Crippen LogP contribution in [-0.4, -0.2) is 10.5 Å². The third-order valence-corrected chi connectivity index (χ3v) is 2.32. The normalized spacial score (nSPS) is 13.4. The monoisotopic (exact) mass is 178 g/mol. The lowest BCUT2D eigenvalue weighted by atomic mass is 10.1. The number of hydrogen-bond acceptors (Lipinski definition) is 3. The first kappa shape index (κ1) is 11.3. The molecule has 0 aliphatic heterocycles. The van der Waals surface area contributed by atoms with E-state index < -0.39 is 0 Å². The highest BCUT2D eigenvalue weighted by atomic mass is 32.2. The summed E-state index contributed by atoms with van der Waals surface area (Å²) < 4.78 is 3.98. The van der Waals surface area contributed by atoms with Crippen molar-refractivity contribution < 1.29 is 9.59 Å². The van der Waals surface area contributed by atoms with Crippen LogP contribution in [0, 0.1) is 0 Å². The van der Waals surface area contributed by atoms with Gasteiger partial charge in [0.05, 0.1) is 0 Å². The van der Waals surface area contributed by atoms with E-state index in [0.29, 0.717) is 5.25 Å². The molecular formula is C8H18O2S. The van der Waals surface area contributed by atoms with Gasteiger partial charge in [-0.2, -0.15) is 4.33 Å². The summed E-state index contributed by atoms with van der Waals surface area (Å²) in [7, 11) is 0. The molecule has 1 atom stereocenters. The van der Waals surface area contributed by atoms with Gasteiger partial charge in [-0.3, -0.25) is 0 Å². The molecule has 0 saturated heterocycles.